The normalized spacial score (nSPS) is 10.2. The number of rotatable bonds is 5. The zero-order chi connectivity index (χ0) is 10.4. The second-order valence-corrected chi connectivity index (χ2v) is 3.23. The van der Waals surface area contributed by atoms with Crippen LogP contribution in [0.4, 0.5) is 10.1 Å². The van der Waals surface area contributed by atoms with E-state index in [1.165, 1.54) is 12.1 Å². The van der Waals surface area contributed by atoms with Gasteiger partial charge in [0.15, 0.2) is 0 Å². The van der Waals surface area contributed by atoms with Gasteiger partial charge in [-0.3, -0.25) is 0 Å². The van der Waals surface area contributed by atoms with Gasteiger partial charge in [0.05, 0.1) is 0 Å². The Morgan fingerprint density at radius 1 is 1.43 bits per heavy atom. The van der Waals surface area contributed by atoms with Crippen molar-refractivity contribution in [2.45, 2.75) is 13.3 Å². The second-order valence-electron chi connectivity index (χ2n) is 3.23. The molecule has 14 heavy (non-hydrogen) atoms. The van der Waals surface area contributed by atoms with Gasteiger partial charge in [-0.05, 0) is 31.0 Å². The van der Waals surface area contributed by atoms with Crippen molar-refractivity contribution in [3.8, 4) is 0 Å². The van der Waals surface area contributed by atoms with Gasteiger partial charge >= 0.3 is 0 Å². The first-order valence-corrected chi connectivity index (χ1v) is 4.73. The monoisotopic (exact) mass is 197 g/mol. The molecule has 0 atom stereocenters. The van der Waals surface area contributed by atoms with Crippen molar-refractivity contribution >= 4 is 5.69 Å². The number of benzene rings is 1. The van der Waals surface area contributed by atoms with E-state index in [1.54, 1.807) is 13.2 Å². The molecule has 0 heterocycles. The van der Waals surface area contributed by atoms with Crippen LogP contribution in [0.5, 0.6) is 0 Å². The van der Waals surface area contributed by atoms with Crippen molar-refractivity contribution < 1.29 is 9.13 Å². The van der Waals surface area contributed by atoms with E-state index in [0.29, 0.717) is 0 Å². The van der Waals surface area contributed by atoms with Gasteiger partial charge < -0.3 is 10.1 Å². The largest absolute Gasteiger partial charge is 0.385 e. The lowest BCUT2D eigenvalue weighted by molar-refractivity contribution is 0.198. The maximum atomic E-state index is 12.9. The van der Waals surface area contributed by atoms with Crippen LogP contribution in [0.2, 0.25) is 0 Å². The highest BCUT2D eigenvalue weighted by Gasteiger charge is 1.98. The smallest absolute Gasteiger partial charge is 0.125 e. The Bertz CT molecular complexity index is 289. The molecule has 0 aromatic heterocycles. The Morgan fingerprint density at radius 2 is 2.21 bits per heavy atom. The molecular formula is C11H16FNO. The zero-order valence-electron chi connectivity index (χ0n) is 8.64. The van der Waals surface area contributed by atoms with E-state index in [1.807, 2.05) is 6.92 Å². The number of halogens is 1. The van der Waals surface area contributed by atoms with Gasteiger partial charge in [-0.25, -0.2) is 4.39 Å². The van der Waals surface area contributed by atoms with Gasteiger partial charge in [-0.2, -0.15) is 0 Å². The Morgan fingerprint density at radius 3 is 2.93 bits per heavy atom. The number of hydrogen-bond acceptors (Lipinski definition) is 2. The maximum absolute atomic E-state index is 12.9. The topological polar surface area (TPSA) is 21.3 Å². The van der Waals surface area contributed by atoms with Gasteiger partial charge in [0.25, 0.3) is 0 Å². The highest BCUT2D eigenvalue weighted by atomic mass is 19.1. The minimum absolute atomic E-state index is 0.204. The number of nitrogens with one attached hydrogen (secondary N) is 1. The van der Waals surface area contributed by atoms with Crippen molar-refractivity contribution in [3.05, 3.63) is 29.6 Å². The Kier molecular flexibility index (Phi) is 4.40. The standard InChI is InChI=1S/C11H16FNO/c1-9-4-5-10(12)8-11(9)13-6-3-7-14-2/h4-5,8,13H,3,6-7H2,1-2H3. The lowest BCUT2D eigenvalue weighted by Gasteiger charge is -2.08. The molecular weight excluding hydrogens is 181 g/mol. The van der Waals surface area contributed by atoms with Crippen LogP contribution in [0.1, 0.15) is 12.0 Å². The summed E-state index contributed by atoms with van der Waals surface area (Å²) in [5.74, 6) is -0.204. The first-order chi connectivity index (χ1) is 6.74. The van der Waals surface area contributed by atoms with E-state index in [-0.39, 0.29) is 5.82 Å². The SMILES string of the molecule is COCCCNc1cc(F)ccc1C. The number of ether oxygens (including phenoxy) is 1. The maximum Gasteiger partial charge on any atom is 0.125 e. The van der Waals surface area contributed by atoms with E-state index < -0.39 is 0 Å². The fourth-order valence-electron chi connectivity index (χ4n) is 1.22. The van der Waals surface area contributed by atoms with Gasteiger partial charge in [0, 0.05) is 25.9 Å². The average molecular weight is 197 g/mol. The van der Waals surface area contributed by atoms with Crippen molar-refractivity contribution in [2.75, 3.05) is 25.6 Å². The van der Waals surface area contributed by atoms with E-state index in [4.69, 9.17) is 4.74 Å². The third-order valence-corrected chi connectivity index (χ3v) is 2.04. The summed E-state index contributed by atoms with van der Waals surface area (Å²) in [4.78, 5) is 0. The second kappa shape index (κ2) is 5.60. The molecule has 1 N–H and O–H groups in total. The van der Waals surface area contributed by atoms with E-state index >= 15 is 0 Å². The molecule has 0 unspecified atom stereocenters. The lowest BCUT2D eigenvalue weighted by Crippen LogP contribution is -2.05. The van der Waals surface area contributed by atoms with Crippen molar-refractivity contribution in [3.63, 3.8) is 0 Å². The van der Waals surface area contributed by atoms with Crippen LogP contribution in [0.3, 0.4) is 0 Å². The molecule has 0 saturated carbocycles. The molecule has 1 aromatic carbocycles. The third kappa shape index (κ3) is 3.34. The molecule has 0 aliphatic heterocycles. The summed E-state index contributed by atoms with van der Waals surface area (Å²) in [5, 5.41) is 3.17. The van der Waals surface area contributed by atoms with Crippen LogP contribution >= 0.6 is 0 Å². The summed E-state index contributed by atoms with van der Waals surface area (Å²) in [6, 6.07) is 4.76. The lowest BCUT2D eigenvalue weighted by atomic mass is 10.2. The zero-order valence-corrected chi connectivity index (χ0v) is 8.64. The summed E-state index contributed by atoms with van der Waals surface area (Å²) in [6.45, 7) is 3.48. The molecule has 0 saturated heterocycles. The van der Waals surface area contributed by atoms with Crippen molar-refractivity contribution in [1.29, 1.82) is 0 Å². The molecule has 78 valence electrons. The van der Waals surface area contributed by atoms with Crippen LogP contribution in [-0.4, -0.2) is 20.3 Å². The predicted octanol–water partition coefficient (Wildman–Crippen LogP) is 2.58. The molecule has 0 aliphatic rings. The molecule has 0 fully saturated rings. The van der Waals surface area contributed by atoms with Crippen LogP contribution < -0.4 is 5.32 Å². The summed E-state index contributed by atoms with van der Waals surface area (Å²) in [7, 11) is 1.67. The van der Waals surface area contributed by atoms with E-state index in [2.05, 4.69) is 5.32 Å². The molecule has 0 aliphatic carbocycles. The summed E-state index contributed by atoms with van der Waals surface area (Å²) in [6.07, 6.45) is 0.923. The molecule has 0 spiro atoms. The summed E-state index contributed by atoms with van der Waals surface area (Å²) >= 11 is 0. The van der Waals surface area contributed by atoms with E-state index in [9.17, 15) is 4.39 Å². The molecule has 0 radical (unpaired) electrons. The van der Waals surface area contributed by atoms with Crippen LogP contribution in [0.15, 0.2) is 18.2 Å². The number of aryl methyl sites for hydroxylation is 1. The molecule has 2 nitrogen and oxygen atoms in total. The Balaban J connectivity index is 2.45. The number of anilines is 1. The van der Waals surface area contributed by atoms with Gasteiger partial charge in [-0.1, -0.05) is 6.07 Å². The number of methoxy groups -OCH3 is 1. The third-order valence-electron chi connectivity index (χ3n) is 2.04. The fourth-order valence-corrected chi connectivity index (χ4v) is 1.22. The van der Waals surface area contributed by atoms with E-state index in [0.717, 1.165) is 30.8 Å². The Labute approximate surface area is 84.1 Å². The number of hydrogen-bond donors (Lipinski definition) is 1. The first-order valence-electron chi connectivity index (χ1n) is 4.73. The molecule has 1 aromatic rings. The predicted molar refractivity (Wildman–Crippen MR) is 56.1 cm³/mol. The van der Waals surface area contributed by atoms with Crippen molar-refractivity contribution in [1.82, 2.24) is 0 Å². The van der Waals surface area contributed by atoms with Crippen LogP contribution in [-0.2, 0) is 4.74 Å². The van der Waals surface area contributed by atoms with Gasteiger partial charge in [-0.15, -0.1) is 0 Å². The summed E-state index contributed by atoms with van der Waals surface area (Å²) in [5.41, 5.74) is 1.92. The van der Waals surface area contributed by atoms with Gasteiger partial charge in [0.1, 0.15) is 5.82 Å². The molecule has 3 heteroatoms. The average Bonchev–Trinajstić information content (AvgIpc) is 2.18. The van der Waals surface area contributed by atoms with Crippen LogP contribution in [0.25, 0.3) is 0 Å². The minimum atomic E-state index is -0.204. The summed E-state index contributed by atoms with van der Waals surface area (Å²) < 4.78 is 17.8. The Hall–Kier alpha value is -1.09. The highest BCUT2D eigenvalue weighted by molar-refractivity contribution is 5.50. The fraction of sp³-hybridized carbons (Fsp3) is 0.455. The highest BCUT2D eigenvalue weighted by Crippen LogP contribution is 2.15. The first kappa shape index (κ1) is 11.0. The quantitative estimate of drug-likeness (QED) is 0.732. The van der Waals surface area contributed by atoms with Crippen LogP contribution in [0, 0.1) is 12.7 Å². The van der Waals surface area contributed by atoms with Gasteiger partial charge in [0.2, 0.25) is 0 Å². The molecule has 0 amide bonds. The minimum Gasteiger partial charge on any atom is -0.385 e. The molecule has 0 bridgehead atoms. The molecule has 1 rings (SSSR count). The van der Waals surface area contributed by atoms with Crippen molar-refractivity contribution in [2.24, 2.45) is 0 Å².